The summed E-state index contributed by atoms with van der Waals surface area (Å²) in [6, 6.07) is 4.29. The predicted octanol–water partition coefficient (Wildman–Crippen LogP) is 2.15. The van der Waals surface area contributed by atoms with Crippen molar-refractivity contribution in [3.8, 4) is 17.1 Å². The Morgan fingerprint density at radius 2 is 1.89 bits per heavy atom. The molecule has 8 nitrogen and oxygen atoms in total. The molecule has 2 aromatic rings. The van der Waals surface area contributed by atoms with Gasteiger partial charge in [0.1, 0.15) is 5.82 Å². The number of halogens is 1. The first kappa shape index (κ1) is 18.6. The minimum Gasteiger partial charge on any atom is -0.465 e. The van der Waals surface area contributed by atoms with E-state index >= 15 is 0 Å². The van der Waals surface area contributed by atoms with Crippen molar-refractivity contribution < 1.29 is 23.8 Å². The van der Waals surface area contributed by atoms with Crippen LogP contribution in [0.1, 0.15) is 23.2 Å². The Balaban J connectivity index is 1.57. The number of likely N-dealkylation sites (tertiary alicyclic amines) is 1. The van der Waals surface area contributed by atoms with Crippen molar-refractivity contribution in [2.45, 2.75) is 12.8 Å². The summed E-state index contributed by atoms with van der Waals surface area (Å²) in [5.41, 5.74) is 6.01. The summed E-state index contributed by atoms with van der Waals surface area (Å²) in [6.07, 6.45) is 3.59. The first-order valence-electron chi connectivity index (χ1n) is 8.46. The lowest BCUT2D eigenvalue weighted by molar-refractivity contribution is 0.0996. The van der Waals surface area contributed by atoms with Crippen LogP contribution < -0.4 is 10.5 Å². The van der Waals surface area contributed by atoms with E-state index in [1.165, 1.54) is 29.4 Å². The fourth-order valence-electron chi connectivity index (χ4n) is 2.92. The van der Waals surface area contributed by atoms with Gasteiger partial charge < -0.3 is 20.5 Å². The van der Waals surface area contributed by atoms with Crippen LogP contribution in [0.4, 0.5) is 9.18 Å². The van der Waals surface area contributed by atoms with E-state index < -0.39 is 17.8 Å². The van der Waals surface area contributed by atoms with Crippen LogP contribution >= 0.6 is 0 Å². The lowest BCUT2D eigenvalue weighted by atomic mass is 9.98. The molecule has 0 saturated carbocycles. The molecule has 3 rings (SSSR count). The summed E-state index contributed by atoms with van der Waals surface area (Å²) < 4.78 is 19.4. The maximum Gasteiger partial charge on any atom is 0.407 e. The molecule has 27 heavy (non-hydrogen) atoms. The van der Waals surface area contributed by atoms with Crippen LogP contribution in [0.5, 0.6) is 6.01 Å². The van der Waals surface area contributed by atoms with Crippen molar-refractivity contribution in [3.05, 3.63) is 42.0 Å². The zero-order chi connectivity index (χ0) is 19.4. The van der Waals surface area contributed by atoms with Crippen molar-refractivity contribution >= 4 is 12.0 Å². The Morgan fingerprint density at radius 1 is 1.22 bits per heavy atom. The molecule has 1 aliphatic rings. The molecule has 1 aromatic carbocycles. The van der Waals surface area contributed by atoms with E-state index in [2.05, 4.69) is 9.97 Å². The fraction of sp³-hybridized carbons (Fsp3) is 0.333. The van der Waals surface area contributed by atoms with Crippen LogP contribution in [0.25, 0.3) is 11.1 Å². The minimum absolute atomic E-state index is 0.173. The van der Waals surface area contributed by atoms with Gasteiger partial charge >= 0.3 is 12.1 Å². The van der Waals surface area contributed by atoms with Gasteiger partial charge in [0, 0.05) is 31.0 Å². The summed E-state index contributed by atoms with van der Waals surface area (Å²) in [5.74, 6) is -1.28. The van der Waals surface area contributed by atoms with Crippen LogP contribution in [0.2, 0.25) is 0 Å². The van der Waals surface area contributed by atoms with Crippen molar-refractivity contribution in [1.82, 2.24) is 14.9 Å². The van der Waals surface area contributed by atoms with Gasteiger partial charge in [0.2, 0.25) is 0 Å². The number of primary amides is 1. The number of hydrogen-bond acceptors (Lipinski definition) is 5. The van der Waals surface area contributed by atoms with Gasteiger partial charge in [0.05, 0.1) is 12.2 Å². The second-order valence-corrected chi connectivity index (χ2v) is 6.34. The third-order valence-corrected chi connectivity index (χ3v) is 4.53. The highest BCUT2D eigenvalue weighted by atomic mass is 19.1. The van der Waals surface area contributed by atoms with Gasteiger partial charge in [-0.1, -0.05) is 6.07 Å². The van der Waals surface area contributed by atoms with E-state index in [0.29, 0.717) is 30.8 Å². The summed E-state index contributed by atoms with van der Waals surface area (Å²) in [5, 5.41) is 8.94. The molecule has 0 atom stereocenters. The standard InChI is InChI=1S/C18H19FN4O4/c19-15-7-12(1-2-14(15)16(20)24)13-8-21-17(22-9-13)27-10-11-3-5-23(6-4-11)18(25)26/h1-2,7-9,11H,3-6,10H2,(H2,20,24)(H,25,26). The Labute approximate surface area is 154 Å². The average Bonchev–Trinajstić information content (AvgIpc) is 2.66. The normalized spacial score (nSPS) is 14.8. The van der Waals surface area contributed by atoms with Gasteiger partial charge in [-0.25, -0.2) is 19.2 Å². The van der Waals surface area contributed by atoms with E-state index in [1.807, 2.05) is 0 Å². The summed E-state index contributed by atoms with van der Waals surface area (Å²) in [4.78, 5) is 31.6. The molecule has 142 valence electrons. The van der Waals surface area contributed by atoms with Crippen molar-refractivity contribution in [3.63, 3.8) is 0 Å². The maximum atomic E-state index is 13.9. The molecular formula is C18H19FN4O4. The fourth-order valence-corrected chi connectivity index (χ4v) is 2.92. The molecule has 0 unspecified atom stereocenters. The van der Waals surface area contributed by atoms with E-state index in [1.54, 1.807) is 6.07 Å². The molecule has 1 saturated heterocycles. The van der Waals surface area contributed by atoms with Crippen LogP contribution in [0.3, 0.4) is 0 Å². The molecule has 3 N–H and O–H groups in total. The molecule has 9 heteroatoms. The molecule has 2 heterocycles. The lowest BCUT2D eigenvalue weighted by Crippen LogP contribution is -2.38. The number of aromatic nitrogens is 2. The smallest absolute Gasteiger partial charge is 0.407 e. The Kier molecular flexibility index (Phi) is 5.49. The summed E-state index contributed by atoms with van der Waals surface area (Å²) in [7, 11) is 0. The molecular weight excluding hydrogens is 355 g/mol. The number of benzene rings is 1. The number of carbonyl (C=O) groups excluding carboxylic acids is 1. The largest absolute Gasteiger partial charge is 0.465 e. The topological polar surface area (TPSA) is 119 Å². The van der Waals surface area contributed by atoms with Crippen LogP contribution in [0.15, 0.2) is 30.6 Å². The number of piperidine rings is 1. The molecule has 0 bridgehead atoms. The van der Waals surface area contributed by atoms with Gasteiger partial charge in [0.15, 0.2) is 0 Å². The summed E-state index contributed by atoms with van der Waals surface area (Å²) in [6.45, 7) is 1.40. The number of nitrogens with zero attached hydrogens (tertiary/aromatic N) is 3. The zero-order valence-electron chi connectivity index (χ0n) is 14.5. The molecule has 0 radical (unpaired) electrons. The third kappa shape index (κ3) is 4.49. The second-order valence-electron chi connectivity index (χ2n) is 6.34. The number of nitrogens with two attached hydrogens (primary N) is 1. The van der Waals surface area contributed by atoms with E-state index in [4.69, 9.17) is 15.6 Å². The number of carboxylic acid groups (broad SMARTS) is 1. The van der Waals surface area contributed by atoms with Gasteiger partial charge in [-0.15, -0.1) is 0 Å². The first-order chi connectivity index (χ1) is 12.9. The molecule has 1 fully saturated rings. The lowest BCUT2D eigenvalue weighted by Gasteiger charge is -2.29. The Morgan fingerprint density at radius 3 is 2.44 bits per heavy atom. The van der Waals surface area contributed by atoms with Gasteiger partial charge in [-0.2, -0.15) is 0 Å². The van der Waals surface area contributed by atoms with Crippen LogP contribution in [-0.4, -0.2) is 51.7 Å². The quantitative estimate of drug-likeness (QED) is 0.828. The van der Waals surface area contributed by atoms with Crippen molar-refractivity contribution in [2.75, 3.05) is 19.7 Å². The summed E-state index contributed by atoms with van der Waals surface area (Å²) >= 11 is 0. The SMILES string of the molecule is NC(=O)c1ccc(-c2cnc(OCC3CCN(C(=O)O)CC3)nc2)cc1F. The number of ether oxygens (including phenoxy) is 1. The highest BCUT2D eigenvalue weighted by Crippen LogP contribution is 2.22. The molecule has 0 aliphatic carbocycles. The van der Waals surface area contributed by atoms with Gasteiger partial charge in [0.25, 0.3) is 5.91 Å². The highest BCUT2D eigenvalue weighted by Gasteiger charge is 2.22. The number of amides is 2. The Hall–Kier alpha value is -3.23. The number of carbonyl (C=O) groups is 2. The predicted molar refractivity (Wildman–Crippen MR) is 93.8 cm³/mol. The van der Waals surface area contributed by atoms with Crippen molar-refractivity contribution in [2.24, 2.45) is 11.7 Å². The second kappa shape index (κ2) is 7.98. The zero-order valence-corrected chi connectivity index (χ0v) is 14.5. The van der Waals surface area contributed by atoms with E-state index in [9.17, 15) is 14.0 Å². The number of hydrogen-bond donors (Lipinski definition) is 2. The average molecular weight is 374 g/mol. The monoisotopic (exact) mass is 374 g/mol. The third-order valence-electron chi connectivity index (χ3n) is 4.53. The van der Waals surface area contributed by atoms with Gasteiger partial charge in [-0.05, 0) is 36.5 Å². The van der Waals surface area contributed by atoms with Crippen molar-refractivity contribution in [1.29, 1.82) is 0 Å². The Bertz CT molecular complexity index is 836. The molecule has 2 amide bonds. The van der Waals surface area contributed by atoms with Gasteiger partial charge in [-0.3, -0.25) is 4.79 Å². The first-order valence-corrected chi connectivity index (χ1v) is 8.46. The van der Waals surface area contributed by atoms with E-state index in [0.717, 1.165) is 12.8 Å². The molecule has 1 aromatic heterocycles. The number of rotatable bonds is 5. The highest BCUT2D eigenvalue weighted by molar-refractivity contribution is 5.93. The minimum atomic E-state index is -0.895. The van der Waals surface area contributed by atoms with Crippen LogP contribution in [0, 0.1) is 11.7 Å². The van der Waals surface area contributed by atoms with Crippen LogP contribution in [-0.2, 0) is 0 Å². The van der Waals surface area contributed by atoms with E-state index in [-0.39, 0.29) is 17.5 Å². The maximum absolute atomic E-state index is 13.9. The molecule has 0 spiro atoms. The molecule has 1 aliphatic heterocycles.